The van der Waals surface area contributed by atoms with E-state index in [2.05, 4.69) is 5.32 Å². The lowest BCUT2D eigenvalue weighted by Crippen LogP contribution is -2.32. The fourth-order valence-corrected chi connectivity index (χ4v) is 2.33. The van der Waals surface area contributed by atoms with Gasteiger partial charge in [-0.05, 0) is 55.8 Å². The number of nitrogens with one attached hydrogen (secondary N) is 1. The summed E-state index contributed by atoms with van der Waals surface area (Å²) in [6, 6.07) is 13.4. The number of hydrogen-bond acceptors (Lipinski definition) is 4. The van der Waals surface area contributed by atoms with Gasteiger partial charge in [-0.25, -0.2) is 4.79 Å². The number of halogens is 1. The largest absolute Gasteiger partial charge is 0.481 e. The third kappa shape index (κ3) is 5.50. The molecule has 25 heavy (non-hydrogen) atoms. The summed E-state index contributed by atoms with van der Waals surface area (Å²) in [7, 11) is 0. The molecular formula is C19H20ClNO4. The van der Waals surface area contributed by atoms with E-state index in [9.17, 15) is 9.59 Å². The quantitative estimate of drug-likeness (QED) is 0.746. The lowest BCUT2D eigenvalue weighted by molar-refractivity contribution is -0.122. The van der Waals surface area contributed by atoms with Crippen LogP contribution >= 0.6 is 11.6 Å². The van der Waals surface area contributed by atoms with Crippen LogP contribution in [0.25, 0.3) is 0 Å². The third-order valence-corrected chi connectivity index (χ3v) is 3.64. The van der Waals surface area contributed by atoms with E-state index in [1.807, 2.05) is 6.92 Å². The van der Waals surface area contributed by atoms with Crippen molar-refractivity contribution in [2.24, 2.45) is 0 Å². The van der Waals surface area contributed by atoms with Gasteiger partial charge in [0, 0.05) is 10.7 Å². The van der Waals surface area contributed by atoms with Gasteiger partial charge in [0.05, 0.1) is 12.2 Å². The van der Waals surface area contributed by atoms with Crippen LogP contribution in [0.1, 0.15) is 30.6 Å². The minimum Gasteiger partial charge on any atom is -0.481 e. The summed E-state index contributed by atoms with van der Waals surface area (Å²) < 4.78 is 10.6. The lowest BCUT2D eigenvalue weighted by atomic mass is 10.2. The summed E-state index contributed by atoms with van der Waals surface area (Å²) in [5.74, 6) is -0.130. The van der Waals surface area contributed by atoms with Crippen LogP contribution in [0.2, 0.25) is 5.02 Å². The molecule has 2 aromatic rings. The van der Waals surface area contributed by atoms with Crippen LogP contribution in [-0.4, -0.2) is 24.6 Å². The first-order valence-electron chi connectivity index (χ1n) is 8.03. The summed E-state index contributed by atoms with van der Waals surface area (Å²) >= 11 is 5.93. The van der Waals surface area contributed by atoms with Crippen molar-refractivity contribution < 1.29 is 19.1 Å². The Kier molecular flexibility index (Phi) is 6.83. The smallest absolute Gasteiger partial charge is 0.338 e. The molecule has 0 aliphatic heterocycles. The van der Waals surface area contributed by atoms with Crippen molar-refractivity contribution in [3.05, 3.63) is 59.1 Å². The standard InChI is InChI=1S/C19H20ClNO4/c1-3-17(25-16-7-5-6-14(20)12-16)18(22)21-15-10-8-13(9-11-15)19(23)24-4-2/h5-12,17H,3-4H2,1-2H3,(H,21,22). The van der Waals surface area contributed by atoms with Crippen molar-refractivity contribution in [1.82, 2.24) is 0 Å². The Hall–Kier alpha value is -2.53. The molecule has 132 valence electrons. The van der Waals surface area contributed by atoms with Gasteiger partial charge in [0.1, 0.15) is 5.75 Å². The van der Waals surface area contributed by atoms with E-state index < -0.39 is 12.1 Å². The van der Waals surface area contributed by atoms with Crippen molar-refractivity contribution in [3.8, 4) is 5.75 Å². The van der Waals surface area contributed by atoms with Gasteiger partial charge in [-0.15, -0.1) is 0 Å². The predicted octanol–water partition coefficient (Wildman–Crippen LogP) is 4.31. The Morgan fingerprint density at radius 3 is 2.44 bits per heavy atom. The van der Waals surface area contributed by atoms with Crippen molar-refractivity contribution in [2.45, 2.75) is 26.4 Å². The molecule has 0 aliphatic rings. The van der Waals surface area contributed by atoms with Crippen LogP contribution in [0, 0.1) is 0 Å². The van der Waals surface area contributed by atoms with E-state index >= 15 is 0 Å². The lowest BCUT2D eigenvalue weighted by Gasteiger charge is -2.17. The molecule has 6 heteroatoms. The van der Waals surface area contributed by atoms with Crippen LogP contribution in [0.5, 0.6) is 5.75 Å². The van der Waals surface area contributed by atoms with Crippen LogP contribution in [0.3, 0.4) is 0 Å². The van der Waals surface area contributed by atoms with Gasteiger partial charge in [0.2, 0.25) is 0 Å². The Balaban J connectivity index is 2.00. The topological polar surface area (TPSA) is 64.6 Å². The number of carbonyl (C=O) groups excluding carboxylic acids is 2. The first kappa shape index (κ1) is 18.8. The Labute approximate surface area is 151 Å². The molecule has 2 aromatic carbocycles. The minimum absolute atomic E-state index is 0.272. The molecular weight excluding hydrogens is 342 g/mol. The normalized spacial score (nSPS) is 11.5. The van der Waals surface area contributed by atoms with E-state index in [1.165, 1.54) is 0 Å². The highest BCUT2D eigenvalue weighted by molar-refractivity contribution is 6.30. The molecule has 2 rings (SSSR count). The van der Waals surface area contributed by atoms with Crippen LogP contribution in [-0.2, 0) is 9.53 Å². The summed E-state index contributed by atoms with van der Waals surface area (Å²) in [4.78, 5) is 24.0. The maximum absolute atomic E-state index is 12.4. The number of rotatable bonds is 7. The molecule has 0 aliphatic carbocycles. The monoisotopic (exact) mass is 361 g/mol. The molecule has 1 N–H and O–H groups in total. The highest BCUT2D eigenvalue weighted by Crippen LogP contribution is 2.20. The average molecular weight is 362 g/mol. The van der Waals surface area contributed by atoms with Crippen molar-refractivity contribution >= 4 is 29.2 Å². The van der Waals surface area contributed by atoms with Gasteiger partial charge < -0.3 is 14.8 Å². The summed E-state index contributed by atoms with van der Waals surface area (Å²) in [5, 5.41) is 3.32. The van der Waals surface area contributed by atoms with Crippen molar-refractivity contribution in [2.75, 3.05) is 11.9 Å². The number of carbonyl (C=O) groups is 2. The van der Waals surface area contributed by atoms with Gasteiger partial charge in [0.25, 0.3) is 5.91 Å². The fourth-order valence-electron chi connectivity index (χ4n) is 2.15. The zero-order valence-electron chi connectivity index (χ0n) is 14.1. The molecule has 0 aromatic heterocycles. The number of ether oxygens (including phenoxy) is 2. The van der Waals surface area contributed by atoms with Gasteiger partial charge in [-0.2, -0.15) is 0 Å². The number of hydrogen-bond donors (Lipinski definition) is 1. The van der Waals surface area contributed by atoms with Crippen LogP contribution in [0.15, 0.2) is 48.5 Å². The van der Waals surface area contributed by atoms with Crippen molar-refractivity contribution in [3.63, 3.8) is 0 Å². The highest BCUT2D eigenvalue weighted by atomic mass is 35.5. The molecule has 0 radical (unpaired) electrons. The first-order chi connectivity index (χ1) is 12.0. The second-order valence-corrected chi connectivity index (χ2v) is 5.70. The molecule has 0 saturated heterocycles. The predicted molar refractivity (Wildman–Crippen MR) is 97.2 cm³/mol. The third-order valence-electron chi connectivity index (χ3n) is 3.40. The average Bonchev–Trinajstić information content (AvgIpc) is 2.60. The minimum atomic E-state index is -0.650. The number of amides is 1. The molecule has 0 spiro atoms. The SMILES string of the molecule is CCOC(=O)c1ccc(NC(=O)C(CC)Oc2cccc(Cl)c2)cc1. The molecule has 0 saturated carbocycles. The Morgan fingerprint density at radius 1 is 1.12 bits per heavy atom. The van der Waals surface area contributed by atoms with Gasteiger partial charge in [-0.1, -0.05) is 24.6 Å². The maximum atomic E-state index is 12.4. The Morgan fingerprint density at radius 2 is 1.84 bits per heavy atom. The van der Waals surface area contributed by atoms with Crippen LogP contribution in [0.4, 0.5) is 5.69 Å². The van der Waals surface area contributed by atoms with E-state index in [0.29, 0.717) is 35.1 Å². The summed E-state index contributed by atoms with van der Waals surface area (Å²) in [6.07, 6.45) is -0.151. The second-order valence-electron chi connectivity index (χ2n) is 5.26. The van der Waals surface area contributed by atoms with Crippen LogP contribution < -0.4 is 10.1 Å². The van der Waals surface area contributed by atoms with E-state index in [0.717, 1.165) is 0 Å². The number of anilines is 1. The van der Waals surface area contributed by atoms with E-state index in [4.69, 9.17) is 21.1 Å². The van der Waals surface area contributed by atoms with Gasteiger partial charge >= 0.3 is 5.97 Å². The molecule has 0 heterocycles. The zero-order valence-corrected chi connectivity index (χ0v) is 14.9. The molecule has 5 nitrogen and oxygen atoms in total. The zero-order chi connectivity index (χ0) is 18.2. The number of esters is 1. The van der Waals surface area contributed by atoms with E-state index in [1.54, 1.807) is 55.5 Å². The first-order valence-corrected chi connectivity index (χ1v) is 8.41. The summed E-state index contributed by atoms with van der Waals surface area (Å²) in [6.45, 7) is 3.92. The summed E-state index contributed by atoms with van der Waals surface area (Å²) in [5.41, 5.74) is 1.01. The molecule has 1 amide bonds. The van der Waals surface area contributed by atoms with Crippen molar-refractivity contribution in [1.29, 1.82) is 0 Å². The molecule has 0 bridgehead atoms. The van der Waals surface area contributed by atoms with Gasteiger partial charge in [0.15, 0.2) is 6.10 Å². The molecule has 1 atom stereocenters. The fraction of sp³-hybridized carbons (Fsp3) is 0.263. The maximum Gasteiger partial charge on any atom is 0.338 e. The highest BCUT2D eigenvalue weighted by Gasteiger charge is 2.19. The Bertz CT molecular complexity index is 730. The van der Waals surface area contributed by atoms with E-state index in [-0.39, 0.29) is 5.91 Å². The number of benzene rings is 2. The molecule has 1 unspecified atom stereocenters. The second kappa shape index (κ2) is 9.08. The molecule has 0 fully saturated rings. The van der Waals surface area contributed by atoms with Gasteiger partial charge in [-0.3, -0.25) is 4.79 Å².